The average Bonchev–Trinajstić information content (AvgIpc) is 2.72. The van der Waals surface area contributed by atoms with Gasteiger partial charge in [-0.25, -0.2) is 9.90 Å². The Morgan fingerprint density at radius 2 is 2.05 bits per heavy atom. The molecule has 0 saturated heterocycles. The van der Waals surface area contributed by atoms with Crippen molar-refractivity contribution in [2.24, 2.45) is 0 Å². The van der Waals surface area contributed by atoms with Crippen LogP contribution in [-0.2, 0) is 14.4 Å². The van der Waals surface area contributed by atoms with Crippen LogP contribution in [0.1, 0.15) is 27.7 Å². The molecule has 0 N–H and O–H groups in total. The standard InChI is InChI=1S/C12H18Cl2N2O4S/c1-5-18-8(4)20-16(7(2)3)9(17)6-19-12-15-10(13)11(14)21-12/h7-8H,5-6H2,1-4H3. The van der Waals surface area contributed by atoms with E-state index in [4.69, 9.17) is 37.5 Å². The summed E-state index contributed by atoms with van der Waals surface area (Å²) in [4.78, 5) is 21.4. The van der Waals surface area contributed by atoms with E-state index in [1.54, 1.807) is 6.92 Å². The van der Waals surface area contributed by atoms with E-state index in [2.05, 4.69) is 4.98 Å². The van der Waals surface area contributed by atoms with Crippen molar-refractivity contribution in [1.29, 1.82) is 0 Å². The molecule has 1 rings (SSSR count). The molecule has 9 heteroatoms. The first kappa shape index (κ1) is 18.4. The van der Waals surface area contributed by atoms with Gasteiger partial charge in [-0.3, -0.25) is 4.79 Å². The van der Waals surface area contributed by atoms with Crippen molar-refractivity contribution in [3.63, 3.8) is 0 Å². The van der Waals surface area contributed by atoms with E-state index in [1.165, 1.54) is 5.06 Å². The highest BCUT2D eigenvalue weighted by Crippen LogP contribution is 2.32. The van der Waals surface area contributed by atoms with Crippen molar-refractivity contribution < 1.29 is 19.1 Å². The van der Waals surface area contributed by atoms with Gasteiger partial charge >= 0.3 is 0 Å². The van der Waals surface area contributed by atoms with E-state index in [9.17, 15) is 4.79 Å². The summed E-state index contributed by atoms with van der Waals surface area (Å²) in [7, 11) is 0. The number of hydrogen-bond acceptors (Lipinski definition) is 6. The molecule has 0 aliphatic heterocycles. The highest BCUT2D eigenvalue weighted by atomic mass is 35.5. The summed E-state index contributed by atoms with van der Waals surface area (Å²) in [5.41, 5.74) is 0. The molecule has 0 radical (unpaired) electrons. The number of halogens is 2. The zero-order valence-electron chi connectivity index (χ0n) is 12.3. The van der Waals surface area contributed by atoms with Gasteiger partial charge in [0.15, 0.2) is 18.1 Å². The topological polar surface area (TPSA) is 60.9 Å². The Hall–Kier alpha value is -0.600. The van der Waals surface area contributed by atoms with Gasteiger partial charge in [-0.1, -0.05) is 34.5 Å². The minimum Gasteiger partial charge on any atom is -0.460 e. The molecule has 1 aromatic heterocycles. The molecule has 0 aliphatic carbocycles. The molecule has 1 aromatic rings. The summed E-state index contributed by atoms with van der Waals surface area (Å²) >= 11 is 12.5. The Balaban J connectivity index is 2.56. The third-order valence-corrected chi connectivity index (χ3v) is 3.87. The fourth-order valence-corrected chi connectivity index (χ4v) is 2.43. The van der Waals surface area contributed by atoms with E-state index >= 15 is 0 Å². The number of aromatic nitrogens is 1. The van der Waals surface area contributed by atoms with Gasteiger partial charge in [0.1, 0.15) is 4.34 Å². The molecule has 1 unspecified atom stereocenters. The maximum absolute atomic E-state index is 12.1. The molecule has 6 nitrogen and oxygen atoms in total. The smallest absolute Gasteiger partial charge is 0.284 e. The van der Waals surface area contributed by atoms with Gasteiger partial charge in [-0.05, 0) is 27.7 Å². The largest absolute Gasteiger partial charge is 0.460 e. The van der Waals surface area contributed by atoms with Crippen LogP contribution in [-0.4, -0.2) is 41.5 Å². The van der Waals surface area contributed by atoms with E-state index in [0.717, 1.165) is 11.3 Å². The summed E-state index contributed by atoms with van der Waals surface area (Å²) in [6, 6.07) is -0.160. The molecule has 1 atom stereocenters. The summed E-state index contributed by atoms with van der Waals surface area (Å²) in [5.74, 6) is -0.348. The van der Waals surface area contributed by atoms with Crippen LogP contribution < -0.4 is 4.74 Å². The monoisotopic (exact) mass is 356 g/mol. The van der Waals surface area contributed by atoms with Crippen molar-refractivity contribution in [2.45, 2.75) is 40.0 Å². The number of thiazole rings is 1. The maximum atomic E-state index is 12.1. The van der Waals surface area contributed by atoms with Crippen molar-refractivity contribution in [2.75, 3.05) is 13.2 Å². The molecule has 21 heavy (non-hydrogen) atoms. The average molecular weight is 357 g/mol. The van der Waals surface area contributed by atoms with Gasteiger partial charge in [0.25, 0.3) is 11.1 Å². The van der Waals surface area contributed by atoms with Crippen LogP contribution >= 0.6 is 34.5 Å². The Kier molecular flexibility index (Phi) is 7.69. The van der Waals surface area contributed by atoms with Crippen molar-refractivity contribution in [1.82, 2.24) is 10.0 Å². The van der Waals surface area contributed by atoms with E-state index in [1.807, 2.05) is 20.8 Å². The molecular weight excluding hydrogens is 339 g/mol. The zero-order valence-corrected chi connectivity index (χ0v) is 14.6. The number of carbonyl (C=O) groups is 1. The first-order chi connectivity index (χ1) is 9.85. The maximum Gasteiger partial charge on any atom is 0.284 e. The Labute approximate surface area is 137 Å². The van der Waals surface area contributed by atoms with Crippen LogP contribution in [0.2, 0.25) is 9.49 Å². The number of hydrogen-bond donors (Lipinski definition) is 0. The Morgan fingerprint density at radius 3 is 2.52 bits per heavy atom. The molecule has 0 saturated carbocycles. The highest BCUT2D eigenvalue weighted by molar-refractivity contribution is 7.18. The molecule has 0 bridgehead atoms. The van der Waals surface area contributed by atoms with Crippen molar-refractivity contribution >= 4 is 40.4 Å². The molecule has 0 fully saturated rings. The Bertz CT molecular complexity index is 451. The Morgan fingerprint density at radius 1 is 1.38 bits per heavy atom. The van der Waals surface area contributed by atoms with E-state index in [-0.39, 0.29) is 28.9 Å². The minimum absolute atomic E-state index is 0.158. The van der Waals surface area contributed by atoms with E-state index in [0.29, 0.717) is 10.9 Å². The highest BCUT2D eigenvalue weighted by Gasteiger charge is 2.22. The van der Waals surface area contributed by atoms with Crippen molar-refractivity contribution in [3.8, 4) is 5.19 Å². The van der Waals surface area contributed by atoms with Crippen LogP contribution in [0, 0.1) is 0 Å². The minimum atomic E-state index is -0.523. The molecule has 0 spiro atoms. The second-order valence-electron chi connectivity index (χ2n) is 4.27. The number of carbonyl (C=O) groups excluding carboxylic acids is 1. The first-order valence-corrected chi connectivity index (χ1v) is 7.97. The number of ether oxygens (including phenoxy) is 2. The predicted octanol–water partition coefficient (Wildman–Crippen LogP) is 3.38. The van der Waals surface area contributed by atoms with Crippen LogP contribution in [0.4, 0.5) is 0 Å². The molecule has 120 valence electrons. The molecule has 1 amide bonds. The van der Waals surface area contributed by atoms with Gasteiger partial charge in [-0.15, -0.1) is 0 Å². The van der Waals surface area contributed by atoms with Crippen LogP contribution in [0.5, 0.6) is 5.19 Å². The lowest BCUT2D eigenvalue weighted by molar-refractivity contribution is -0.273. The second kappa shape index (κ2) is 8.75. The van der Waals surface area contributed by atoms with Gasteiger partial charge in [0.2, 0.25) is 0 Å². The number of hydroxylamine groups is 2. The second-order valence-corrected chi connectivity index (χ2v) is 6.20. The predicted molar refractivity (Wildman–Crippen MR) is 81.8 cm³/mol. The number of nitrogens with zero attached hydrogens (tertiary/aromatic N) is 2. The molecular formula is C12H18Cl2N2O4S. The van der Waals surface area contributed by atoms with Crippen LogP contribution in [0.25, 0.3) is 0 Å². The summed E-state index contributed by atoms with van der Waals surface area (Å²) in [6.45, 7) is 7.49. The zero-order chi connectivity index (χ0) is 16.0. The fourth-order valence-electron chi connectivity index (χ4n) is 1.41. The van der Waals surface area contributed by atoms with Crippen LogP contribution in [0.3, 0.4) is 0 Å². The van der Waals surface area contributed by atoms with Gasteiger partial charge in [-0.2, -0.15) is 4.98 Å². The number of rotatable bonds is 8. The molecule has 0 aromatic carbocycles. The van der Waals surface area contributed by atoms with E-state index < -0.39 is 6.29 Å². The summed E-state index contributed by atoms with van der Waals surface area (Å²) < 4.78 is 10.8. The van der Waals surface area contributed by atoms with Gasteiger partial charge < -0.3 is 9.47 Å². The third-order valence-electron chi connectivity index (χ3n) is 2.23. The quantitative estimate of drug-likeness (QED) is 0.527. The lowest BCUT2D eigenvalue weighted by atomic mass is 10.4. The van der Waals surface area contributed by atoms with Crippen LogP contribution in [0.15, 0.2) is 0 Å². The fraction of sp³-hybridized carbons (Fsp3) is 0.667. The van der Waals surface area contributed by atoms with Gasteiger partial charge in [0.05, 0.1) is 6.04 Å². The third kappa shape index (κ3) is 5.96. The first-order valence-electron chi connectivity index (χ1n) is 6.40. The normalized spacial score (nSPS) is 12.5. The van der Waals surface area contributed by atoms with Gasteiger partial charge in [0, 0.05) is 6.61 Å². The summed E-state index contributed by atoms with van der Waals surface area (Å²) in [6.07, 6.45) is -0.523. The SMILES string of the molecule is CCOC(C)ON(C(=O)COc1nc(Cl)c(Cl)s1)C(C)C. The molecule has 1 heterocycles. The van der Waals surface area contributed by atoms with Crippen molar-refractivity contribution in [3.05, 3.63) is 9.49 Å². The lowest BCUT2D eigenvalue weighted by Gasteiger charge is -2.28. The molecule has 0 aliphatic rings. The number of amides is 1. The lowest BCUT2D eigenvalue weighted by Crippen LogP contribution is -2.42. The summed E-state index contributed by atoms with van der Waals surface area (Å²) in [5, 5.41) is 1.61.